The highest BCUT2D eigenvalue weighted by atomic mass is 16.2. The molecule has 0 spiro atoms. The molecule has 2 N–H and O–H groups in total. The maximum Gasteiger partial charge on any atom is 0.223 e. The summed E-state index contributed by atoms with van der Waals surface area (Å²) in [6, 6.07) is 8.00. The topological polar surface area (TPSA) is 46.3 Å². The molecular formula is C17H28N2O. The van der Waals surface area contributed by atoms with E-state index in [1.807, 2.05) is 29.2 Å². The summed E-state index contributed by atoms with van der Waals surface area (Å²) in [6.45, 7) is 6.96. The van der Waals surface area contributed by atoms with Crippen LogP contribution in [0.25, 0.3) is 0 Å². The van der Waals surface area contributed by atoms with Crippen LogP contribution in [0.3, 0.4) is 0 Å². The Morgan fingerprint density at radius 2 is 2.00 bits per heavy atom. The van der Waals surface area contributed by atoms with Crippen molar-refractivity contribution in [3.63, 3.8) is 0 Å². The molecule has 3 heteroatoms. The molecule has 0 atom stereocenters. The number of carbonyl (C=O) groups is 1. The van der Waals surface area contributed by atoms with Gasteiger partial charge in [0.05, 0.1) is 0 Å². The van der Waals surface area contributed by atoms with Crippen LogP contribution in [0.15, 0.2) is 24.3 Å². The van der Waals surface area contributed by atoms with Gasteiger partial charge in [-0.2, -0.15) is 0 Å². The Labute approximate surface area is 123 Å². The number of unbranched alkanes of at least 4 members (excludes halogenated alkanes) is 3. The number of nitrogens with two attached hydrogens (primary N) is 1. The van der Waals surface area contributed by atoms with Gasteiger partial charge < -0.3 is 10.6 Å². The SMILES string of the molecule is CCCCCCC(=O)N(Cc1cccc(N)c1)C(C)C. The third-order valence-electron chi connectivity index (χ3n) is 3.49. The monoisotopic (exact) mass is 276 g/mol. The zero-order valence-corrected chi connectivity index (χ0v) is 13.1. The first-order valence-electron chi connectivity index (χ1n) is 7.68. The fourth-order valence-corrected chi connectivity index (χ4v) is 2.29. The van der Waals surface area contributed by atoms with Gasteiger partial charge in [0.25, 0.3) is 0 Å². The van der Waals surface area contributed by atoms with Crippen molar-refractivity contribution in [1.29, 1.82) is 0 Å². The zero-order chi connectivity index (χ0) is 15.0. The van der Waals surface area contributed by atoms with E-state index in [0.717, 1.165) is 24.1 Å². The molecule has 0 saturated carbocycles. The first kappa shape index (κ1) is 16.5. The number of nitrogen functional groups attached to an aromatic ring is 1. The highest BCUT2D eigenvalue weighted by Crippen LogP contribution is 2.14. The third kappa shape index (κ3) is 5.64. The Bertz CT molecular complexity index is 415. The number of rotatable bonds is 8. The number of benzene rings is 1. The molecule has 0 fully saturated rings. The lowest BCUT2D eigenvalue weighted by Crippen LogP contribution is -2.36. The molecule has 1 rings (SSSR count). The summed E-state index contributed by atoms with van der Waals surface area (Å²) in [6.07, 6.45) is 5.20. The van der Waals surface area contributed by atoms with Crippen molar-refractivity contribution < 1.29 is 4.79 Å². The largest absolute Gasteiger partial charge is 0.399 e. The first-order valence-corrected chi connectivity index (χ1v) is 7.68. The van der Waals surface area contributed by atoms with Crippen molar-refractivity contribution in [2.75, 3.05) is 5.73 Å². The molecule has 0 unspecified atom stereocenters. The van der Waals surface area contributed by atoms with E-state index in [0.29, 0.717) is 13.0 Å². The molecule has 112 valence electrons. The van der Waals surface area contributed by atoms with Gasteiger partial charge in [-0.05, 0) is 38.0 Å². The molecule has 0 saturated heterocycles. The summed E-state index contributed by atoms with van der Waals surface area (Å²) in [5, 5.41) is 0. The van der Waals surface area contributed by atoms with Crippen LogP contribution in [-0.4, -0.2) is 16.8 Å². The van der Waals surface area contributed by atoms with Gasteiger partial charge in [0.15, 0.2) is 0 Å². The molecule has 1 aromatic rings. The van der Waals surface area contributed by atoms with Gasteiger partial charge in [0.1, 0.15) is 0 Å². The number of hydrogen-bond donors (Lipinski definition) is 1. The number of hydrogen-bond acceptors (Lipinski definition) is 2. The lowest BCUT2D eigenvalue weighted by molar-refractivity contribution is -0.133. The summed E-state index contributed by atoms with van der Waals surface area (Å²) in [4.78, 5) is 14.3. The Morgan fingerprint density at radius 3 is 2.60 bits per heavy atom. The van der Waals surface area contributed by atoms with Crippen molar-refractivity contribution in [3.8, 4) is 0 Å². The Balaban J connectivity index is 2.57. The molecule has 0 radical (unpaired) electrons. The van der Waals surface area contributed by atoms with Crippen molar-refractivity contribution in [3.05, 3.63) is 29.8 Å². The van der Waals surface area contributed by atoms with Crippen LogP contribution < -0.4 is 5.73 Å². The van der Waals surface area contributed by atoms with E-state index in [1.54, 1.807) is 0 Å². The molecule has 0 aromatic heterocycles. The highest BCUT2D eigenvalue weighted by molar-refractivity contribution is 5.76. The summed E-state index contributed by atoms with van der Waals surface area (Å²) >= 11 is 0. The quantitative estimate of drug-likeness (QED) is 0.576. The van der Waals surface area contributed by atoms with Gasteiger partial charge in [-0.25, -0.2) is 0 Å². The number of carbonyl (C=O) groups excluding carboxylic acids is 1. The average molecular weight is 276 g/mol. The van der Waals surface area contributed by atoms with Crippen molar-refractivity contribution in [2.45, 2.75) is 65.5 Å². The fourth-order valence-electron chi connectivity index (χ4n) is 2.29. The van der Waals surface area contributed by atoms with E-state index in [4.69, 9.17) is 5.73 Å². The number of anilines is 1. The van der Waals surface area contributed by atoms with Gasteiger partial charge in [0.2, 0.25) is 5.91 Å². The second-order valence-corrected chi connectivity index (χ2v) is 5.67. The molecule has 0 aliphatic heterocycles. The van der Waals surface area contributed by atoms with Crippen LogP contribution >= 0.6 is 0 Å². The van der Waals surface area contributed by atoms with Crippen LogP contribution in [0.1, 0.15) is 58.4 Å². The van der Waals surface area contributed by atoms with E-state index in [2.05, 4.69) is 20.8 Å². The maximum absolute atomic E-state index is 12.3. The predicted molar refractivity (Wildman–Crippen MR) is 85.3 cm³/mol. The lowest BCUT2D eigenvalue weighted by atomic mass is 10.1. The summed E-state index contributed by atoms with van der Waals surface area (Å²) in [5.41, 5.74) is 7.65. The second-order valence-electron chi connectivity index (χ2n) is 5.67. The molecule has 1 aromatic carbocycles. The zero-order valence-electron chi connectivity index (χ0n) is 13.1. The Kier molecular flexibility index (Phi) is 7.13. The second kappa shape index (κ2) is 8.62. The summed E-state index contributed by atoms with van der Waals surface area (Å²) < 4.78 is 0. The minimum atomic E-state index is 0.218. The van der Waals surface area contributed by atoms with Crippen molar-refractivity contribution in [2.24, 2.45) is 0 Å². The van der Waals surface area contributed by atoms with Gasteiger partial charge in [0, 0.05) is 24.7 Å². The minimum absolute atomic E-state index is 0.218. The van der Waals surface area contributed by atoms with E-state index in [-0.39, 0.29) is 11.9 Å². The summed E-state index contributed by atoms with van der Waals surface area (Å²) in [5.74, 6) is 0.249. The molecule has 0 aliphatic rings. The van der Waals surface area contributed by atoms with Crippen molar-refractivity contribution in [1.82, 2.24) is 4.90 Å². The van der Waals surface area contributed by atoms with Crippen LogP contribution in [0.5, 0.6) is 0 Å². The highest BCUT2D eigenvalue weighted by Gasteiger charge is 2.16. The first-order chi connectivity index (χ1) is 9.54. The Morgan fingerprint density at radius 1 is 1.25 bits per heavy atom. The molecule has 0 bridgehead atoms. The van der Waals surface area contributed by atoms with Crippen LogP contribution in [-0.2, 0) is 11.3 Å². The van der Waals surface area contributed by atoms with E-state index < -0.39 is 0 Å². The minimum Gasteiger partial charge on any atom is -0.399 e. The normalized spacial score (nSPS) is 10.8. The smallest absolute Gasteiger partial charge is 0.223 e. The fraction of sp³-hybridized carbons (Fsp3) is 0.588. The lowest BCUT2D eigenvalue weighted by Gasteiger charge is -2.27. The van der Waals surface area contributed by atoms with E-state index in [1.165, 1.54) is 12.8 Å². The predicted octanol–water partition coefficient (Wildman–Crippen LogP) is 3.98. The van der Waals surface area contributed by atoms with Gasteiger partial charge >= 0.3 is 0 Å². The van der Waals surface area contributed by atoms with E-state index in [9.17, 15) is 4.79 Å². The number of amides is 1. The number of nitrogens with zero attached hydrogens (tertiary/aromatic N) is 1. The maximum atomic E-state index is 12.3. The van der Waals surface area contributed by atoms with Crippen LogP contribution in [0.2, 0.25) is 0 Å². The van der Waals surface area contributed by atoms with Crippen LogP contribution in [0, 0.1) is 0 Å². The molecule has 0 heterocycles. The molecule has 20 heavy (non-hydrogen) atoms. The van der Waals surface area contributed by atoms with Gasteiger partial charge in [-0.3, -0.25) is 4.79 Å². The molecule has 0 aliphatic carbocycles. The summed E-state index contributed by atoms with van der Waals surface area (Å²) in [7, 11) is 0. The molecular weight excluding hydrogens is 248 g/mol. The van der Waals surface area contributed by atoms with Gasteiger partial charge in [-0.15, -0.1) is 0 Å². The van der Waals surface area contributed by atoms with E-state index >= 15 is 0 Å². The van der Waals surface area contributed by atoms with Crippen LogP contribution in [0.4, 0.5) is 5.69 Å². The Hall–Kier alpha value is -1.51. The average Bonchev–Trinajstić information content (AvgIpc) is 2.40. The third-order valence-corrected chi connectivity index (χ3v) is 3.49. The van der Waals surface area contributed by atoms with Gasteiger partial charge in [-0.1, -0.05) is 38.3 Å². The van der Waals surface area contributed by atoms with Crippen molar-refractivity contribution >= 4 is 11.6 Å². The molecule has 3 nitrogen and oxygen atoms in total. The molecule has 1 amide bonds. The standard InChI is InChI=1S/C17H28N2O/c1-4-5-6-7-11-17(20)19(14(2)3)13-15-9-8-10-16(18)12-15/h8-10,12,14H,4-7,11,13,18H2,1-3H3.